The Morgan fingerprint density at radius 3 is 2.36 bits per heavy atom. The summed E-state index contributed by atoms with van der Waals surface area (Å²) >= 11 is 0. The maximum absolute atomic E-state index is 13.3. The van der Waals surface area contributed by atoms with Gasteiger partial charge in [0.2, 0.25) is 5.91 Å². The van der Waals surface area contributed by atoms with Gasteiger partial charge in [-0.25, -0.2) is 4.98 Å². The first-order valence-electron chi connectivity index (χ1n) is 13.3. The number of aromatic nitrogens is 2. The van der Waals surface area contributed by atoms with E-state index in [0.717, 1.165) is 61.2 Å². The standard InChI is InChI=1S/C30H42N4O2/c1-22(2)19-33(20-23(3)4)29(35)21-34-27-15-9-8-14-26(27)32-28(34)16-7-6-10-17-31-30(36)25-13-11-12-24(5)18-25/h8-9,11-15,18,22-23H,6-7,10,16-17,19-21H2,1-5H3,(H,31,36). The van der Waals surface area contributed by atoms with Crippen LogP contribution in [0.3, 0.4) is 0 Å². The fraction of sp³-hybridized carbons (Fsp3) is 0.500. The molecule has 2 aromatic carbocycles. The Morgan fingerprint density at radius 2 is 1.67 bits per heavy atom. The summed E-state index contributed by atoms with van der Waals surface area (Å²) in [6.07, 6.45) is 3.66. The molecule has 1 heterocycles. The maximum atomic E-state index is 13.3. The molecule has 0 aliphatic rings. The molecule has 0 saturated carbocycles. The van der Waals surface area contributed by atoms with Gasteiger partial charge in [0, 0.05) is 31.6 Å². The Labute approximate surface area is 216 Å². The quantitative estimate of drug-likeness (QED) is 0.316. The van der Waals surface area contributed by atoms with E-state index in [4.69, 9.17) is 4.98 Å². The van der Waals surface area contributed by atoms with E-state index in [1.165, 1.54) is 0 Å². The van der Waals surface area contributed by atoms with Gasteiger partial charge in [-0.05, 0) is 55.9 Å². The molecule has 194 valence electrons. The van der Waals surface area contributed by atoms with Crippen LogP contribution in [0.5, 0.6) is 0 Å². The van der Waals surface area contributed by atoms with Gasteiger partial charge in [0.15, 0.2) is 0 Å². The summed E-state index contributed by atoms with van der Waals surface area (Å²) in [6, 6.07) is 15.7. The van der Waals surface area contributed by atoms with Crippen molar-refractivity contribution in [3.05, 3.63) is 65.5 Å². The smallest absolute Gasteiger partial charge is 0.251 e. The summed E-state index contributed by atoms with van der Waals surface area (Å²) in [5.74, 6) is 1.95. The van der Waals surface area contributed by atoms with Crippen LogP contribution in [0.4, 0.5) is 0 Å². The van der Waals surface area contributed by atoms with Gasteiger partial charge in [0.05, 0.1) is 11.0 Å². The molecule has 0 bridgehead atoms. The van der Waals surface area contributed by atoms with Gasteiger partial charge >= 0.3 is 0 Å². The number of aryl methyl sites for hydroxylation is 2. The molecule has 0 saturated heterocycles. The predicted octanol–water partition coefficient (Wildman–Crippen LogP) is 5.63. The third-order valence-corrected chi connectivity index (χ3v) is 6.19. The number of imidazole rings is 1. The van der Waals surface area contributed by atoms with Gasteiger partial charge in [-0.3, -0.25) is 9.59 Å². The van der Waals surface area contributed by atoms with E-state index >= 15 is 0 Å². The first kappa shape index (κ1) is 27.4. The van der Waals surface area contributed by atoms with Crippen molar-refractivity contribution in [2.75, 3.05) is 19.6 Å². The zero-order valence-corrected chi connectivity index (χ0v) is 22.6. The SMILES string of the molecule is Cc1cccc(C(=O)NCCCCCc2nc3ccccc3n2CC(=O)N(CC(C)C)CC(C)C)c1. The second-order valence-electron chi connectivity index (χ2n) is 10.6. The predicted molar refractivity (Wildman–Crippen MR) is 147 cm³/mol. The van der Waals surface area contributed by atoms with Crippen molar-refractivity contribution in [2.45, 2.75) is 66.8 Å². The number of unbranched alkanes of at least 4 members (excludes halogenated alkanes) is 2. The molecule has 1 N–H and O–H groups in total. The van der Waals surface area contributed by atoms with Crippen molar-refractivity contribution in [1.29, 1.82) is 0 Å². The molecule has 3 aromatic rings. The minimum atomic E-state index is -0.0219. The minimum absolute atomic E-state index is 0.0219. The topological polar surface area (TPSA) is 67.2 Å². The number of fused-ring (bicyclic) bond motifs is 1. The Morgan fingerprint density at radius 1 is 0.944 bits per heavy atom. The Balaban J connectivity index is 1.58. The van der Waals surface area contributed by atoms with Gasteiger partial charge in [0.25, 0.3) is 5.91 Å². The zero-order valence-electron chi connectivity index (χ0n) is 22.6. The number of para-hydroxylation sites is 2. The monoisotopic (exact) mass is 490 g/mol. The minimum Gasteiger partial charge on any atom is -0.352 e. The lowest BCUT2D eigenvalue weighted by Gasteiger charge is -2.27. The lowest BCUT2D eigenvalue weighted by Crippen LogP contribution is -2.39. The fourth-order valence-electron chi connectivity index (χ4n) is 4.56. The lowest BCUT2D eigenvalue weighted by atomic mass is 10.1. The number of nitrogens with one attached hydrogen (secondary N) is 1. The largest absolute Gasteiger partial charge is 0.352 e. The summed E-state index contributed by atoms with van der Waals surface area (Å²) in [5.41, 5.74) is 3.74. The van der Waals surface area contributed by atoms with E-state index in [1.54, 1.807) is 0 Å². The van der Waals surface area contributed by atoms with Crippen molar-refractivity contribution < 1.29 is 9.59 Å². The Hall–Kier alpha value is -3.15. The third kappa shape index (κ3) is 7.94. The second-order valence-corrected chi connectivity index (χ2v) is 10.6. The van der Waals surface area contributed by atoms with Crippen molar-refractivity contribution in [2.24, 2.45) is 11.8 Å². The molecule has 6 nitrogen and oxygen atoms in total. The van der Waals surface area contributed by atoms with Crippen LogP contribution in [0, 0.1) is 18.8 Å². The molecule has 0 aliphatic heterocycles. The molecule has 3 rings (SSSR count). The normalized spacial score (nSPS) is 11.4. The molecule has 2 amide bonds. The van der Waals surface area contributed by atoms with E-state index in [1.807, 2.05) is 54.3 Å². The highest BCUT2D eigenvalue weighted by Gasteiger charge is 2.20. The number of benzene rings is 2. The molecular weight excluding hydrogens is 448 g/mol. The zero-order chi connectivity index (χ0) is 26.1. The number of nitrogens with zero attached hydrogens (tertiary/aromatic N) is 3. The summed E-state index contributed by atoms with van der Waals surface area (Å²) < 4.78 is 2.10. The van der Waals surface area contributed by atoms with Crippen LogP contribution in [0.2, 0.25) is 0 Å². The van der Waals surface area contributed by atoms with Crippen LogP contribution in [-0.4, -0.2) is 45.9 Å². The van der Waals surface area contributed by atoms with Gasteiger partial charge in [-0.15, -0.1) is 0 Å². The molecular formula is C30H42N4O2. The summed E-state index contributed by atoms with van der Waals surface area (Å²) in [7, 11) is 0. The van der Waals surface area contributed by atoms with Crippen molar-refractivity contribution >= 4 is 22.8 Å². The molecule has 0 atom stereocenters. The highest BCUT2D eigenvalue weighted by molar-refractivity contribution is 5.94. The fourth-order valence-corrected chi connectivity index (χ4v) is 4.56. The van der Waals surface area contributed by atoms with Crippen LogP contribution in [-0.2, 0) is 17.8 Å². The van der Waals surface area contributed by atoms with Crippen LogP contribution >= 0.6 is 0 Å². The van der Waals surface area contributed by atoms with E-state index in [-0.39, 0.29) is 11.8 Å². The molecule has 0 spiro atoms. The van der Waals surface area contributed by atoms with Crippen molar-refractivity contribution in [3.63, 3.8) is 0 Å². The lowest BCUT2D eigenvalue weighted by molar-refractivity contribution is -0.132. The van der Waals surface area contributed by atoms with Gasteiger partial charge in [-0.1, -0.05) is 63.9 Å². The highest BCUT2D eigenvalue weighted by Crippen LogP contribution is 2.19. The second kappa shape index (κ2) is 13.2. The van der Waals surface area contributed by atoms with Crippen LogP contribution in [0.15, 0.2) is 48.5 Å². The highest BCUT2D eigenvalue weighted by atomic mass is 16.2. The molecule has 0 aliphatic carbocycles. The third-order valence-electron chi connectivity index (χ3n) is 6.19. The Kier molecular flexibility index (Phi) is 10.1. The van der Waals surface area contributed by atoms with Crippen LogP contribution in [0.1, 0.15) is 68.7 Å². The van der Waals surface area contributed by atoms with E-state index in [9.17, 15) is 9.59 Å². The van der Waals surface area contributed by atoms with Gasteiger partial charge in [-0.2, -0.15) is 0 Å². The molecule has 36 heavy (non-hydrogen) atoms. The van der Waals surface area contributed by atoms with Crippen LogP contribution in [0.25, 0.3) is 11.0 Å². The summed E-state index contributed by atoms with van der Waals surface area (Å²) in [4.78, 5) is 32.5. The van der Waals surface area contributed by atoms with Gasteiger partial charge in [0.1, 0.15) is 12.4 Å². The number of carbonyl (C=O) groups excluding carboxylic acids is 2. The molecule has 0 unspecified atom stereocenters. The summed E-state index contributed by atoms with van der Waals surface area (Å²) in [5, 5.41) is 3.02. The average molecular weight is 491 g/mol. The van der Waals surface area contributed by atoms with E-state index < -0.39 is 0 Å². The average Bonchev–Trinajstić information content (AvgIpc) is 3.17. The Bertz CT molecular complexity index is 1140. The molecule has 1 aromatic heterocycles. The van der Waals surface area contributed by atoms with Crippen molar-refractivity contribution in [3.8, 4) is 0 Å². The maximum Gasteiger partial charge on any atom is 0.251 e. The number of hydrogen-bond donors (Lipinski definition) is 1. The first-order chi connectivity index (χ1) is 17.2. The van der Waals surface area contributed by atoms with Gasteiger partial charge < -0.3 is 14.8 Å². The molecule has 6 heteroatoms. The van der Waals surface area contributed by atoms with E-state index in [2.05, 4.69) is 43.6 Å². The van der Waals surface area contributed by atoms with Crippen LogP contribution < -0.4 is 5.32 Å². The number of hydrogen-bond acceptors (Lipinski definition) is 3. The number of rotatable bonds is 13. The molecule has 0 radical (unpaired) electrons. The first-order valence-corrected chi connectivity index (χ1v) is 13.3. The molecule has 0 fully saturated rings. The number of amides is 2. The summed E-state index contributed by atoms with van der Waals surface area (Å²) in [6.45, 7) is 13.1. The van der Waals surface area contributed by atoms with Crippen molar-refractivity contribution in [1.82, 2.24) is 19.8 Å². The van der Waals surface area contributed by atoms with E-state index in [0.29, 0.717) is 30.5 Å². The number of carbonyl (C=O) groups is 2.